The summed E-state index contributed by atoms with van der Waals surface area (Å²) in [5.74, 6) is 1.65. The Morgan fingerprint density at radius 1 is 1.36 bits per heavy atom. The molecule has 25 heavy (non-hydrogen) atoms. The highest BCUT2D eigenvalue weighted by atomic mass is 35.5. The lowest BCUT2D eigenvalue weighted by Crippen LogP contribution is -2.52. The topological polar surface area (TPSA) is 94.5 Å². The maximum absolute atomic E-state index is 12.6. The van der Waals surface area contributed by atoms with E-state index in [9.17, 15) is 4.79 Å². The number of nitrogen functional groups attached to an aromatic ring is 1. The monoisotopic (exact) mass is 363 g/mol. The lowest BCUT2D eigenvalue weighted by Gasteiger charge is -2.47. The average Bonchev–Trinajstić information content (AvgIpc) is 2.97. The summed E-state index contributed by atoms with van der Waals surface area (Å²) < 4.78 is 6.92. The molecule has 134 valence electrons. The maximum Gasteiger partial charge on any atom is 0.311 e. The van der Waals surface area contributed by atoms with E-state index in [0.717, 1.165) is 31.2 Å². The van der Waals surface area contributed by atoms with Crippen molar-refractivity contribution in [3.8, 4) is 0 Å². The summed E-state index contributed by atoms with van der Waals surface area (Å²) in [7, 11) is 0. The Hall–Kier alpha value is -2.02. The molecule has 0 aliphatic heterocycles. The van der Waals surface area contributed by atoms with E-state index < -0.39 is 0 Å². The van der Waals surface area contributed by atoms with E-state index in [0.29, 0.717) is 30.1 Å². The van der Waals surface area contributed by atoms with Crippen LogP contribution in [0.1, 0.15) is 32.6 Å². The van der Waals surface area contributed by atoms with Crippen molar-refractivity contribution in [2.45, 2.75) is 38.6 Å². The molecule has 3 N–H and O–H groups in total. The van der Waals surface area contributed by atoms with Gasteiger partial charge in [-0.25, -0.2) is 4.52 Å². The van der Waals surface area contributed by atoms with Crippen LogP contribution in [0.2, 0.25) is 5.28 Å². The van der Waals surface area contributed by atoms with Crippen LogP contribution in [0.3, 0.4) is 0 Å². The van der Waals surface area contributed by atoms with Crippen LogP contribution < -0.4 is 11.1 Å². The predicted molar refractivity (Wildman–Crippen MR) is 95.4 cm³/mol. The van der Waals surface area contributed by atoms with Gasteiger partial charge >= 0.3 is 5.97 Å². The van der Waals surface area contributed by atoms with Gasteiger partial charge in [0.25, 0.3) is 0 Å². The van der Waals surface area contributed by atoms with E-state index in [2.05, 4.69) is 15.4 Å². The van der Waals surface area contributed by atoms with Gasteiger partial charge < -0.3 is 15.8 Å². The van der Waals surface area contributed by atoms with Crippen LogP contribution in [0.15, 0.2) is 12.1 Å². The zero-order valence-electron chi connectivity index (χ0n) is 14.1. The van der Waals surface area contributed by atoms with Gasteiger partial charge in [0, 0.05) is 6.04 Å². The molecule has 3 saturated carbocycles. The molecule has 3 aliphatic carbocycles. The number of ether oxygens (including phenoxy) is 1. The lowest BCUT2D eigenvalue weighted by molar-refractivity contribution is -0.154. The maximum atomic E-state index is 12.6. The number of carbonyl (C=O) groups excluding carboxylic acids is 1. The van der Waals surface area contributed by atoms with Crippen molar-refractivity contribution >= 4 is 34.7 Å². The lowest BCUT2D eigenvalue weighted by atomic mass is 9.61. The molecule has 8 heteroatoms. The second kappa shape index (κ2) is 6.37. The van der Waals surface area contributed by atoms with E-state index in [1.165, 1.54) is 0 Å². The fourth-order valence-corrected chi connectivity index (χ4v) is 4.65. The normalized spacial score (nSPS) is 28.2. The SMILES string of the molecule is CCOC(=O)[C@H]1C2CCC(CC2)[C@@H]1Nc1nc(Cl)nn2c(N)ccc12. The molecule has 5 rings (SSSR count). The summed E-state index contributed by atoms with van der Waals surface area (Å²) in [4.78, 5) is 16.9. The van der Waals surface area contributed by atoms with Gasteiger partial charge in [0.05, 0.1) is 12.5 Å². The van der Waals surface area contributed by atoms with Crippen molar-refractivity contribution in [1.82, 2.24) is 14.6 Å². The van der Waals surface area contributed by atoms with E-state index in [1.54, 1.807) is 10.6 Å². The highest BCUT2D eigenvalue weighted by molar-refractivity contribution is 6.28. The van der Waals surface area contributed by atoms with Crippen LogP contribution in [-0.4, -0.2) is 33.2 Å². The van der Waals surface area contributed by atoms with Crippen molar-refractivity contribution in [2.75, 3.05) is 17.7 Å². The summed E-state index contributed by atoms with van der Waals surface area (Å²) in [5.41, 5.74) is 6.69. The Balaban J connectivity index is 1.69. The predicted octanol–water partition coefficient (Wildman–Crippen LogP) is 2.74. The van der Waals surface area contributed by atoms with E-state index in [-0.39, 0.29) is 23.2 Å². The van der Waals surface area contributed by atoms with Crippen LogP contribution in [0.25, 0.3) is 5.52 Å². The summed E-state index contributed by atoms with van der Waals surface area (Å²) in [6, 6.07) is 3.62. The minimum Gasteiger partial charge on any atom is -0.466 e. The Morgan fingerprint density at radius 2 is 2.08 bits per heavy atom. The molecule has 3 fully saturated rings. The van der Waals surface area contributed by atoms with Crippen LogP contribution in [0.4, 0.5) is 11.6 Å². The molecule has 0 amide bonds. The molecule has 2 bridgehead atoms. The smallest absolute Gasteiger partial charge is 0.311 e. The van der Waals surface area contributed by atoms with Crippen LogP contribution in [0, 0.1) is 17.8 Å². The average molecular weight is 364 g/mol. The second-order valence-corrected chi connectivity index (χ2v) is 7.25. The number of carbonyl (C=O) groups is 1. The Morgan fingerprint density at radius 3 is 2.80 bits per heavy atom. The standard InChI is InChI=1S/C17H22ClN5O2/c1-2-25-16(24)13-9-3-5-10(6-4-9)14(13)20-15-11-7-8-12(19)23(11)22-17(18)21-15/h7-10,13-14H,2-6,19H2,1H3,(H,20,21,22)/t9?,10?,13-,14-/m0/s1. The number of fused-ring (bicyclic) bond motifs is 4. The zero-order valence-corrected chi connectivity index (χ0v) is 14.9. The molecule has 2 aromatic heterocycles. The highest BCUT2D eigenvalue weighted by Crippen LogP contribution is 2.47. The molecule has 2 atom stereocenters. The summed E-state index contributed by atoms with van der Waals surface area (Å²) in [6.45, 7) is 2.25. The van der Waals surface area contributed by atoms with Crippen molar-refractivity contribution in [3.63, 3.8) is 0 Å². The first-order valence-electron chi connectivity index (χ1n) is 8.82. The van der Waals surface area contributed by atoms with Gasteiger partial charge in [0.15, 0.2) is 5.82 Å². The van der Waals surface area contributed by atoms with Crippen LogP contribution in [0.5, 0.6) is 0 Å². The van der Waals surface area contributed by atoms with Gasteiger partial charge in [-0.05, 0) is 68.2 Å². The number of aromatic nitrogens is 3. The van der Waals surface area contributed by atoms with Gasteiger partial charge in [-0.15, -0.1) is 5.10 Å². The number of halogens is 1. The van der Waals surface area contributed by atoms with E-state index >= 15 is 0 Å². The summed E-state index contributed by atoms with van der Waals surface area (Å²) in [6.07, 6.45) is 4.42. The van der Waals surface area contributed by atoms with Gasteiger partial charge in [-0.3, -0.25) is 4.79 Å². The molecule has 2 aromatic rings. The van der Waals surface area contributed by atoms with Crippen molar-refractivity contribution in [1.29, 1.82) is 0 Å². The third-order valence-electron chi connectivity index (χ3n) is 5.60. The number of nitrogens with zero attached hydrogens (tertiary/aromatic N) is 3. The van der Waals surface area contributed by atoms with E-state index in [1.807, 2.05) is 13.0 Å². The molecule has 2 heterocycles. The molecular weight excluding hydrogens is 342 g/mol. The van der Waals surface area contributed by atoms with Crippen LogP contribution >= 0.6 is 11.6 Å². The minimum absolute atomic E-state index is 0.00237. The third kappa shape index (κ3) is 2.80. The zero-order chi connectivity index (χ0) is 17.6. The Kier molecular flexibility index (Phi) is 4.19. The van der Waals surface area contributed by atoms with Gasteiger partial charge in [0.2, 0.25) is 5.28 Å². The number of hydrogen-bond donors (Lipinski definition) is 2. The quantitative estimate of drug-likeness (QED) is 0.811. The van der Waals surface area contributed by atoms with Gasteiger partial charge in [-0.2, -0.15) is 4.98 Å². The molecule has 0 unspecified atom stereocenters. The molecule has 0 aromatic carbocycles. The van der Waals surface area contributed by atoms with Crippen molar-refractivity contribution in [3.05, 3.63) is 17.4 Å². The molecule has 7 nitrogen and oxygen atoms in total. The first kappa shape index (κ1) is 16.4. The molecule has 0 spiro atoms. The minimum atomic E-state index is -0.145. The van der Waals surface area contributed by atoms with Gasteiger partial charge in [0.1, 0.15) is 11.3 Å². The number of anilines is 2. The van der Waals surface area contributed by atoms with Crippen molar-refractivity contribution < 1.29 is 9.53 Å². The highest BCUT2D eigenvalue weighted by Gasteiger charge is 2.48. The number of rotatable bonds is 4. The van der Waals surface area contributed by atoms with Gasteiger partial charge in [-0.1, -0.05) is 0 Å². The number of nitrogens with one attached hydrogen (secondary N) is 1. The number of hydrogen-bond acceptors (Lipinski definition) is 6. The third-order valence-corrected chi connectivity index (χ3v) is 5.76. The molecule has 3 aliphatic rings. The first-order valence-corrected chi connectivity index (χ1v) is 9.20. The van der Waals surface area contributed by atoms with Crippen LogP contribution in [-0.2, 0) is 9.53 Å². The largest absolute Gasteiger partial charge is 0.466 e. The summed E-state index contributed by atoms with van der Waals surface area (Å²) in [5, 5.41) is 7.74. The molecule has 0 saturated heterocycles. The molecule has 0 radical (unpaired) electrons. The molecular formula is C17H22ClN5O2. The Labute approximate surface area is 150 Å². The Bertz CT molecular complexity index is 800. The van der Waals surface area contributed by atoms with E-state index in [4.69, 9.17) is 22.1 Å². The fourth-order valence-electron chi connectivity index (χ4n) is 4.49. The number of esters is 1. The first-order chi connectivity index (χ1) is 12.1. The second-order valence-electron chi connectivity index (χ2n) is 6.91. The number of nitrogens with two attached hydrogens (primary N) is 1. The van der Waals surface area contributed by atoms with Crippen molar-refractivity contribution in [2.24, 2.45) is 17.8 Å². The fraction of sp³-hybridized carbons (Fsp3) is 0.588. The summed E-state index contributed by atoms with van der Waals surface area (Å²) >= 11 is 6.07.